The van der Waals surface area contributed by atoms with Gasteiger partial charge in [-0.1, -0.05) is 25.1 Å². The number of carbonyl (C=O) groups excluding carboxylic acids is 2. The second-order valence-electron chi connectivity index (χ2n) is 6.79. The predicted molar refractivity (Wildman–Crippen MR) is 94.9 cm³/mol. The number of halogens is 2. The minimum atomic E-state index is -0.980. The monoisotopic (exact) mass is 379 g/mol. The fourth-order valence-corrected chi connectivity index (χ4v) is 2.72. The summed E-state index contributed by atoms with van der Waals surface area (Å²) in [5, 5.41) is 6.30. The summed E-state index contributed by atoms with van der Waals surface area (Å²) in [6.07, 6.45) is 0. The fraction of sp³-hybridized carbons (Fsp3) is 0.421. The van der Waals surface area contributed by atoms with Crippen LogP contribution in [0.5, 0.6) is 0 Å². The molecule has 1 unspecified atom stereocenters. The van der Waals surface area contributed by atoms with E-state index in [1.54, 1.807) is 34.7 Å². The predicted octanol–water partition coefficient (Wildman–Crippen LogP) is 2.98. The molecule has 0 radical (unpaired) electrons. The lowest BCUT2D eigenvalue weighted by molar-refractivity contribution is -0.133. The Balaban J connectivity index is 2.19. The molecule has 8 heteroatoms. The number of aryl methyl sites for hydroxylation is 2. The van der Waals surface area contributed by atoms with Crippen LogP contribution >= 0.6 is 0 Å². The highest BCUT2D eigenvalue weighted by molar-refractivity contribution is 5.98. The van der Waals surface area contributed by atoms with Gasteiger partial charge in [0, 0.05) is 12.6 Å². The summed E-state index contributed by atoms with van der Waals surface area (Å²) in [6.45, 7) is 7.24. The molecule has 0 aliphatic carbocycles. The van der Waals surface area contributed by atoms with E-state index in [9.17, 15) is 18.4 Å². The Morgan fingerprint density at radius 3 is 2.30 bits per heavy atom. The standard InChI is InChI=1S/C19H23F2N3O3/c1-10(2)17(22-18(25)16-14(20)7-6-8-15(16)21)19(26)24(5)9-13-11(3)23-27-12(13)4/h6-8,10,17H,9H2,1-5H3,(H,22,25). The molecular formula is C19H23F2N3O3. The van der Waals surface area contributed by atoms with Crippen molar-refractivity contribution in [3.63, 3.8) is 0 Å². The Morgan fingerprint density at radius 1 is 1.22 bits per heavy atom. The van der Waals surface area contributed by atoms with E-state index in [0.29, 0.717) is 11.5 Å². The summed E-state index contributed by atoms with van der Waals surface area (Å²) in [5.74, 6) is -2.99. The molecule has 0 spiro atoms. The van der Waals surface area contributed by atoms with Crippen LogP contribution in [-0.4, -0.2) is 35.0 Å². The van der Waals surface area contributed by atoms with Crippen LogP contribution in [0.1, 0.15) is 41.2 Å². The average molecular weight is 379 g/mol. The SMILES string of the molecule is Cc1noc(C)c1CN(C)C(=O)C(NC(=O)c1c(F)cccc1F)C(C)C. The van der Waals surface area contributed by atoms with Crippen LogP contribution < -0.4 is 5.32 Å². The molecule has 2 aromatic rings. The maximum Gasteiger partial charge on any atom is 0.257 e. The van der Waals surface area contributed by atoms with Crippen LogP contribution in [0.3, 0.4) is 0 Å². The van der Waals surface area contributed by atoms with Crippen molar-refractivity contribution in [2.75, 3.05) is 7.05 Å². The van der Waals surface area contributed by atoms with Gasteiger partial charge in [0.15, 0.2) is 0 Å². The molecule has 0 fully saturated rings. The molecule has 2 rings (SSSR count). The highest BCUT2D eigenvalue weighted by Crippen LogP contribution is 2.17. The van der Waals surface area contributed by atoms with Crippen molar-refractivity contribution in [2.45, 2.75) is 40.3 Å². The van der Waals surface area contributed by atoms with Gasteiger partial charge in [-0.2, -0.15) is 0 Å². The lowest BCUT2D eigenvalue weighted by Crippen LogP contribution is -2.50. The first-order valence-electron chi connectivity index (χ1n) is 8.55. The number of nitrogens with zero attached hydrogens (tertiary/aromatic N) is 2. The maximum atomic E-state index is 13.8. The molecule has 1 heterocycles. The highest BCUT2D eigenvalue weighted by atomic mass is 19.1. The van der Waals surface area contributed by atoms with Gasteiger partial charge in [-0.3, -0.25) is 9.59 Å². The van der Waals surface area contributed by atoms with E-state index in [1.807, 2.05) is 0 Å². The number of likely N-dealkylation sites (N-methyl/N-ethyl adjacent to an activating group) is 1. The summed E-state index contributed by atoms with van der Waals surface area (Å²) in [5.41, 5.74) is 0.745. The van der Waals surface area contributed by atoms with Crippen molar-refractivity contribution in [1.82, 2.24) is 15.4 Å². The first-order chi connectivity index (χ1) is 12.6. The lowest BCUT2D eigenvalue weighted by Gasteiger charge is -2.27. The van der Waals surface area contributed by atoms with Crippen LogP contribution in [0.15, 0.2) is 22.7 Å². The van der Waals surface area contributed by atoms with Crippen molar-refractivity contribution in [2.24, 2.45) is 5.92 Å². The van der Waals surface area contributed by atoms with Crippen molar-refractivity contribution in [1.29, 1.82) is 0 Å². The molecule has 0 saturated carbocycles. The zero-order valence-corrected chi connectivity index (χ0v) is 16.0. The Bertz CT molecular complexity index is 809. The third-order valence-electron chi connectivity index (χ3n) is 4.36. The second-order valence-corrected chi connectivity index (χ2v) is 6.79. The first kappa shape index (κ1) is 20.5. The van der Waals surface area contributed by atoms with Gasteiger partial charge in [0.1, 0.15) is 29.0 Å². The minimum absolute atomic E-state index is 0.243. The summed E-state index contributed by atoms with van der Waals surface area (Å²) in [7, 11) is 1.58. The molecule has 1 N–H and O–H groups in total. The van der Waals surface area contributed by atoms with Gasteiger partial charge in [-0.05, 0) is 31.9 Å². The Labute approximate surface area is 156 Å². The lowest BCUT2D eigenvalue weighted by atomic mass is 10.0. The second kappa shape index (κ2) is 8.28. The molecule has 1 aromatic carbocycles. The van der Waals surface area contributed by atoms with Crippen LogP contribution in [0.25, 0.3) is 0 Å². The Morgan fingerprint density at radius 2 is 1.81 bits per heavy atom. The molecule has 1 aromatic heterocycles. The quantitative estimate of drug-likeness (QED) is 0.837. The number of amides is 2. The van der Waals surface area contributed by atoms with Crippen molar-refractivity contribution >= 4 is 11.8 Å². The largest absolute Gasteiger partial charge is 0.361 e. The molecule has 0 aliphatic rings. The smallest absolute Gasteiger partial charge is 0.257 e. The molecule has 0 aliphatic heterocycles. The zero-order valence-electron chi connectivity index (χ0n) is 16.0. The van der Waals surface area contributed by atoms with Gasteiger partial charge in [0.05, 0.1) is 12.2 Å². The average Bonchev–Trinajstić information content (AvgIpc) is 2.90. The van der Waals surface area contributed by atoms with Crippen LogP contribution in [0.4, 0.5) is 8.78 Å². The van der Waals surface area contributed by atoms with Gasteiger partial charge in [0.25, 0.3) is 5.91 Å². The molecule has 27 heavy (non-hydrogen) atoms. The highest BCUT2D eigenvalue weighted by Gasteiger charge is 2.30. The van der Waals surface area contributed by atoms with E-state index >= 15 is 0 Å². The maximum absolute atomic E-state index is 13.8. The number of carbonyl (C=O) groups is 2. The topological polar surface area (TPSA) is 75.4 Å². The van der Waals surface area contributed by atoms with E-state index in [4.69, 9.17) is 4.52 Å². The number of benzene rings is 1. The fourth-order valence-electron chi connectivity index (χ4n) is 2.72. The number of hydrogen-bond acceptors (Lipinski definition) is 4. The molecule has 0 saturated heterocycles. The van der Waals surface area contributed by atoms with Gasteiger partial charge in [0.2, 0.25) is 5.91 Å². The Kier molecular flexibility index (Phi) is 6.30. The number of nitrogens with one attached hydrogen (secondary N) is 1. The van der Waals surface area contributed by atoms with Crippen molar-refractivity contribution in [3.8, 4) is 0 Å². The van der Waals surface area contributed by atoms with Crippen LogP contribution in [0.2, 0.25) is 0 Å². The van der Waals surface area contributed by atoms with E-state index in [-0.39, 0.29) is 18.4 Å². The molecule has 146 valence electrons. The summed E-state index contributed by atoms with van der Waals surface area (Å²) in [4.78, 5) is 26.6. The first-order valence-corrected chi connectivity index (χ1v) is 8.55. The number of aromatic nitrogens is 1. The molecule has 0 bridgehead atoms. The molecule has 1 atom stereocenters. The van der Waals surface area contributed by atoms with Gasteiger partial charge < -0.3 is 14.7 Å². The third-order valence-corrected chi connectivity index (χ3v) is 4.36. The van der Waals surface area contributed by atoms with Crippen molar-refractivity contribution < 1.29 is 22.9 Å². The van der Waals surface area contributed by atoms with E-state index < -0.39 is 29.1 Å². The summed E-state index contributed by atoms with van der Waals surface area (Å²) < 4.78 is 32.8. The molecule has 6 nitrogen and oxygen atoms in total. The van der Waals surface area contributed by atoms with Crippen LogP contribution in [0, 0.1) is 31.4 Å². The Hall–Kier alpha value is -2.77. The third kappa shape index (κ3) is 4.50. The summed E-state index contributed by atoms with van der Waals surface area (Å²) >= 11 is 0. The van der Waals surface area contributed by atoms with Crippen molar-refractivity contribution in [3.05, 3.63) is 52.4 Å². The van der Waals surface area contributed by atoms with E-state index in [1.165, 1.54) is 11.0 Å². The molecule has 2 amide bonds. The number of hydrogen-bond donors (Lipinski definition) is 1. The van der Waals surface area contributed by atoms with Gasteiger partial charge >= 0.3 is 0 Å². The van der Waals surface area contributed by atoms with Gasteiger partial charge in [-0.15, -0.1) is 0 Å². The zero-order chi connectivity index (χ0) is 20.3. The molecular weight excluding hydrogens is 356 g/mol. The van der Waals surface area contributed by atoms with Gasteiger partial charge in [-0.25, -0.2) is 8.78 Å². The number of rotatable bonds is 6. The van der Waals surface area contributed by atoms with E-state index in [2.05, 4.69) is 10.5 Å². The normalized spacial score (nSPS) is 12.1. The van der Waals surface area contributed by atoms with Crippen LogP contribution in [-0.2, 0) is 11.3 Å². The minimum Gasteiger partial charge on any atom is -0.361 e. The summed E-state index contributed by atoms with van der Waals surface area (Å²) in [6, 6.07) is 2.22. The van der Waals surface area contributed by atoms with E-state index in [0.717, 1.165) is 17.7 Å².